The van der Waals surface area contributed by atoms with Gasteiger partial charge in [-0.1, -0.05) is 142 Å². The molecule has 0 aliphatic rings. The second kappa shape index (κ2) is 24.2. The molecule has 204 valence electrons. The molecule has 0 bridgehead atoms. The van der Waals surface area contributed by atoms with Crippen molar-refractivity contribution in [1.82, 2.24) is 0 Å². The van der Waals surface area contributed by atoms with Crippen molar-refractivity contribution in [3.05, 3.63) is 0 Å². The summed E-state index contributed by atoms with van der Waals surface area (Å²) >= 11 is 0. The molecular formula is C29H59NO4. The molecule has 0 heterocycles. The van der Waals surface area contributed by atoms with E-state index in [0.29, 0.717) is 12.8 Å². The molecule has 0 aliphatic heterocycles. The first-order chi connectivity index (χ1) is 16.5. The molecule has 0 amide bonds. The van der Waals surface area contributed by atoms with Crippen LogP contribution in [0.15, 0.2) is 0 Å². The van der Waals surface area contributed by atoms with Crippen LogP contribution in [0.25, 0.3) is 0 Å². The third kappa shape index (κ3) is 18.8. The molecule has 0 aliphatic carbocycles. The Bertz CT molecular complexity index is 444. The maximum Gasteiger partial charge on any atom is 0.170 e. The summed E-state index contributed by atoms with van der Waals surface area (Å²) in [4.78, 5) is 12.6. The molecule has 4 atom stereocenters. The smallest absolute Gasteiger partial charge is 0.170 e. The third-order valence-electron chi connectivity index (χ3n) is 7.12. The van der Waals surface area contributed by atoms with Gasteiger partial charge in [0.15, 0.2) is 5.78 Å². The number of Topliss-reactive ketones (excluding diaryl/α,β-unsaturated/α-hetero) is 1. The van der Waals surface area contributed by atoms with E-state index < -0.39 is 30.1 Å². The lowest BCUT2D eigenvalue weighted by Crippen LogP contribution is -2.47. The minimum Gasteiger partial charge on any atom is -0.392 e. The van der Waals surface area contributed by atoms with Gasteiger partial charge >= 0.3 is 0 Å². The Hall–Kier alpha value is -0.490. The first-order valence-electron chi connectivity index (χ1n) is 14.8. The van der Waals surface area contributed by atoms with Crippen LogP contribution in [0.5, 0.6) is 0 Å². The van der Waals surface area contributed by atoms with Gasteiger partial charge < -0.3 is 21.1 Å². The van der Waals surface area contributed by atoms with Gasteiger partial charge in [-0.15, -0.1) is 0 Å². The summed E-state index contributed by atoms with van der Waals surface area (Å²) in [5.74, 6) is -1.61. The maximum absolute atomic E-state index is 12.6. The predicted octanol–water partition coefficient (Wildman–Crippen LogP) is 6.79. The van der Waals surface area contributed by atoms with Crippen LogP contribution in [-0.2, 0) is 4.79 Å². The molecule has 0 aromatic rings. The van der Waals surface area contributed by atoms with E-state index in [4.69, 9.17) is 5.73 Å². The highest BCUT2D eigenvalue weighted by Crippen LogP contribution is 2.20. The van der Waals surface area contributed by atoms with Crippen LogP contribution in [0.2, 0.25) is 0 Å². The van der Waals surface area contributed by atoms with Gasteiger partial charge in [-0.05, 0) is 12.8 Å². The topological polar surface area (TPSA) is 104 Å². The number of ketones is 1. The Morgan fingerprint density at radius 3 is 1.24 bits per heavy atom. The fourth-order valence-corrected chi connectivity index (χ4v) is 4.80. The average molecular weight is 486 g/mol. The van der Waals surface area contributed by atoms with Crippen molar-refractivity contribution in [2.75, 3.05) is 0 Å². The van der Waals surface area contributed by atoms with Crippen LogP contribution in [0.3, 0.4) is 0 Å². The largest absolute Gasteiger partial charge is 0.392 e. The van der Waals surface area contributed by atoms with Gasteiger partial charge in [0.1, 0.15) is 12.3 Å². The molecule has 0 saturated heterocycles. The van der Waals surface area contributed by atoms with Gasteiger partial charge in [-0.25, -0.2) is 0 Å². The van der Waals surface area contributed by atoms with E-state index >= 15 is 0 Å². The predicted molar refractivity (Wildman–Crippen MR) is 144 cm³/mol. The highest BCUT2D eigenvalue weighted by Gasteiger charge is 2.34. The summed E-state index contributed by atoms with van der Waals surface area (Å²) in [6.07, 6.45) is 21.3. The van der Waals surface area contributed by atoms with Crippen molar-refractivity contribution >= 4 is 5.78 Å². The molecule has 5 N–H and O–H groups in total. The van der Waals surface area contributed by atoms with Crippen molar-refractivity contribution < 1.29 is 20.1 Å². The lowest BCUT2D eigenvalue weighted by molar-refractivity contribution is -0.140. The van der Waals surface area contributed by atoms with E-state index in [1.807, 2.05) is 0 Å². The number of carbonyl (C=O) groups excluding carboxylic acids is 1. The Balaban J connectivity index is 3.91. The fourth-order valence-electron chi connectivity index (χ4n) is 4.80. The number of nitrogens with two attached hydrogens (primary N) is 1. The van der Waals surface area contributed by atoms with Crippen LogP contribution in [-0.4, -0.2) is 39.5 Å². The number of hydrogen-bond acceptors (Lipinski definition) is 5. The Kier molecular flexibility index (Phi) is 23.9. The van der Waals surface area contributed by atoms with E-state index in [9.17, 15) is 20.1 Å². The van der Waals surface area contributed by atoms with Gasteiger partial charge in [-0.2, -0.15) is 0 Å². The molecule has 0 saturated carbocycles. The first kappa shape index (κ1) is 33.5. The van der Waals surface area contributed by atoms with Crippen LogP contribution in [0.4, 0.5) is 0 Å². The molecule has 0 aromatic heterocycles. The SMILES string of the molecule is CCCCCCCCCCCCCCCC(O)C(C(=O)C(O)CCCCCCCCC)C(N)O. The number of rotatable bonds is 26. The van der Waals surface area contributed by atoms with Crippen LogP contribution in [0.1, 0.15) is 155 Å². The van der Waals surface area contributed by atoms with Gasteiger partial charge in [0.05, 0.1) is 12.0 Å². The summed E-state index contributed by atoms with van der Waals surface area (Å²) in [6.45, 7) is 4.45. The molecule has 0 rings (SSSR count). The molecule has 34 heavy (non-hydrogen) atoms. The van der Waals surface area contributed by atoms with Crippen molar-refractivity contribution in [3.63, 3.8) is 0 Å². The zero-order valence-electron chi connectivity index (χ0n) is 22.7. The molecule has 5 nitrogen and oxygen atoms in total. The van der Waals surface area contributed by atoms with Crippen LogP contribution in [0, 0.1) is 5.92 Å². The standard InChI is InChI=1S/C29H59NO4/c1-3-5-7-9-11-12-13-14-15-16-18-19-21-23-25(31)27(29(30)34)28(33)26(32)24-22-20-17-10-8-6-4-2/h25-27,29,31-32,34H,3-24,30H2,1-2H3. The molecule has 0 radical (unpaired) electrons. The summed E-state index contributed by atoms with van der Waals surface area (Å²) in [6, 6.07) is 0. The summed E-state index contributed by atoms with van der Waals surface area (Å²) in [5, 5.41) is 30.7. The van der Waals surface area contributed by atoms with E-state index in [1.54, 1.807) is 0 Å². The average Bonchev–Trinajstić information content (AvgIpc) is 2.81. The van der Waals surface area contributed by atoms with Crippen LogP contribution < -0.4 is 5.73 Å². The van der Waals surface area contributed by atoms with Crippen molar-refractivity contribution in [1.29, 1.82) is 0 Å². The lowest BCUT2D eigenvalue weighted by Gasteiger charge is -2.26. The molecule has 0 fully saturated rings. The van der Waals surface area contributed by atoms with Crippen molar-refractivity contribution in [2.45, 2.75) is 174 Å². The normalized spacial score (nSPS) is 15.2. The number of unbranched alkanes of at least 4 members (excludes halogenated alkanes) is 18. The maximum atomic E-state index is 12.6. The molecular weight excluding hydrogens is 426 g/mol. The van der Waals surface area contributed by atoms with Gasteiger partial charge in [-0.3, -0.25) is 4.79 Å². The molecule has 4 unspecified atom stereocenters. The summed E-state index contributed by atoms with van der Waals surface area (Å²) < 4.78 is 0. The quantitative estimate of drug-likeness (QED) is 0.0797. The van der Waals surface area contributed by atoms with Gasteiger partial charge in [0.2, 0.25) is 0 Å². The van der Waals surface area contributed by atoms with E-state index in [2.05, 4.69) is 13.8 Å². The minimum absolute atomic E-state index is 0.376. The molecule has 5 heteroatoms. The Morgan fingerprint density at radius 1 is 0.559 bits per heavy atom. The number of aliphatic hydroxyl groups is 3. The van der Waals surface area contributed by atoms with Crippen LogP contribution >= 0.6 is 0 Å². The van der Waals surface area contributed by atoms with E-state index in [1.165, 1.54) is 89.9 Å². The van der Waals surface area contributed by atoms with Gasteiger partial charge in [0.25, 0.3) is 0 Å². The first-order valence-corrected chi connectivity index (χ1v) is 14.8. The second-order valence-electron chi connectivity index (χ2n) is 10.4. The highest BCUT2D eigenvalue weighted by molar-refractivity contribution is 5.86. The highest BCUT2D eigenvalue weighted by atomic mass is 16.3. The van der Waals surface area contributed by atoms with Gasteiger partial charge in [0, 0.05) is 0 Å². The number of carbonyl (C=O) groups is 1. The van der Waals surface area contributed by atoms with E-state index in [0.717, 1.165) is 38.5 Å². The number of aliphatic hydroxyl groups excluding tert-OH is 3. The Labute approximate surface area is 211 Å². The minimum atomic E-state index is -1.44. The van der Waals surface area contributed by atoms with E-state index in [-0.39, 0.29) is 0 Å². The van der Waals surface area contributed by atoms with Crippen molar-refractivity contribution in [3.8, 4) is 0 Å². The monoisotopic (exact) mass is 485 g/mol. The number of hydrogen-bond donors (Lipinski definition) is 4. The summed E-state index contributed by atoms with van der Waals surface area (Å²) in [7, 11) is 0. The second-order valence-corrected chi connectivity index (χ2v) is 10.4. The zero-order valence-corrected chi connectivity index (χ0v) is 22.7. The lowest BCUT2D eigenvalue weighted by atomic mass is 9.87. The Morgan fingerprint density at radius 2 is 0.882 bits per heavy atom. The molecule has 0 aromatic carbocycles. The fraction of sp³-hybridized carbons (Fsp3) is 0.966. The zero-order chi connectivity index (χ0) is 25.4. The third-order valence-corrected chi connectivity index (χ3v) is 7.12. The van der Waals surface area contributed by atoms with Crippen molar-refractivity contribution in [2.24, 2.45) is 11.7 Å². The summed E-state index contributed by atoms with van der Waals surface area (Å²) in [5.41, 5.74) is 5.61. The molecule has 0 spiro atoms.